The highest BCUT2D eigenvalue weighted by atomic mass is 16.5. The van der Waals surface area contributed by atoms with Gasteiger partial charge in [0, 0.05) is 0 Å². The number of ether oxygens (including phenoxy) is 1. The van der Waals surface area contributed by atoms with Crippen LogP contribution in [0.2, 0.25) is 0 Å². The van der Waals surface area contributed by atoms with E-state index in [4.69, 9.17) is 4.74 Å². The number of benzene rings is 2. The van der Waals surface area contributed by atoms with Crippen molar-refractivity contribution in [3.63, 3.8) is 0 Å². The highest BCUT2D eigenvalue weighted by Gasteiger charge is 1.98. The van der Waals surface area contributed by atoms with Crippen molar-refractivity contribution in [2.45, 2.75) is 6.92 Å². The minimum atomic E-state index is 0.725. The van der Waals surface area contributed by atoms with Crippen LogP contribution in [0, 0.1) is 6.92 Å². The zero-order valence-corrected chi connectivity index (χ0v) is 9.92. The molecular weight excluding hydrogens is 212 g/mol. The van der Waals surface area contributed by atoms with Crippen LogP contribution in [0.1, 0.15) is 5.56 Å². The lowest BCUT2D eigenvalue weighted by Gasteiger charge is -2.01. The molecule has 0 aliphatic carbocycles. The highest BCUT2D eigenvalue weighted by Crippen LogP contribution is 2.28. The summed E-state index contributed by atoms with van der Waals surface area (Å²) in [5.74, 6) is 0.725. The number of aryl methyl sites for hydroxylation is 1. The van der Waals surface area contributed by atoms with Gasteiger partial charge < -0.3 is 4.74 Å². The van der Waals surface area contributed by atoms with Crippen LogP contribution in [0.15, 0.2) is 58.8 Å². The van der Waals surface area contributed by atoms with Crippen LogP contribution in [0.4, 0.5) is 11.4 Å². The molecule has 0 heterocycles. The first kappa shape index (κ1) is 11.3. The van der Waals surface area contributed by atoms with Crippen molar-refractivity contribution in [2.75, 3.05) is 7.11 Å². The Hall–Kier alpha value is -2.16. The number of nitrogens with zero attached hydrogens (tertiary/aromatic N) is 2. The van der Waals surface area contributed by atoms with E-state index in [2.05, 4.69) is 10.2 Å². The molecule has 0 spiro atoms. The van der Waals surface area contributed by atoms with E-state index in [0.29, 0.717) is 0 Å². The molecular formula is C14H14N2O. The summed E-state index contributed by atoms with van der Waals surface area (Å²) in [6.07, 6.45) is 0. The van der Waals surface area contributed by atoms with Gasteiger partial charge in [0.05, 0.1) is 12.8 Å². The Morgan fingerprint density at radius 1 is 0.882 bits per heavy atom. The van der Waals surface area contributed by atoms with Gasteiger partial charge in [-0.3, -0.25) is 0 Å². The Balaban J connectivity index is 2.22. The molecule has 0 amide bonds. The number of methoxy groups -OCH3 is 1. The van der Waals surface area contributed by atoms with Crippen molar-refractivity contribution >= 4 is 11.4 Å². The van der Waals surface area contributed by atoms with Crippen LogP contribution >= 0.6 is 0 Å². The largest absolute Gasteiger partial charge is 0.494 e. The van der Waals surface area contributed by atoms with Crippen LogP contribution in [-0.4, -0.2) is 7.11 Å². The van der Waals surface area contributed by atoms with Crippen LogP contribution in [-0.2, 0) is 0 Å². The maximum atomic E-state index is 5.20. The molecule has 0 aliphatic rings. The van der Waals surface area contributed by atoms with Crippen molar-refractivity contribution in [1.82, 2.24) is 0 Å². The molecule has 0 aliphatic heterocycles. The topological polar surface area (TPSA) is 34.0 Å². The van der Waals surface area contributed by atoms with E-state index in [1.54, 1.807) is 7.11 Å². The van der Waals surface area contributed by atoms with Gasteiger partial charge >= 0.3 is 0 Å². The number of hydrogen-bond acceptors (Lipinski definition) is 3. The monoisotopic (exact) mass is 226 g/mol. The first-order valence-corrected chi connectivity index (χ1v) is 5.41. The van der Waals surface area contributed by atoms with E-state index >= 15 is 0 Å². The molecule has 86 valence electrons. The van der Waals surface area contributed by atoms with Crippen molar-refractivity contribution in [1.29, 1.82) is 0 Å². The van der Waals surface area contributed by atoms with Crippen molar-refractivity contribution in [2.24, 2.45) is 10.2 Å². The Morgan fingerprint density at radius 3 is 2.29 bits per heavy atom. The molecule has 0 saturated carbocycles. The second-order valence-electron chi connectivity index (χ2n) is 3.71. The molecule has 2 aromatic carbocycles. The predicted octanol–water partition coefficient (Wildman–Crippen LogP) is 4.42. The molecule has 2 rings (SSSR count). The van der Waals surface area contributed by atoms with E-state index in [-0.39, 0.29) is 0 Å². The lowest BCUT2D eigenvalue weighted by molar-refractivity contribution is 0.416. The standard InChI is InChI=1S/C14H14N2O/c1-11-7-9-12(10-8-11)15-16-13-5-3-4-6-14(13)17-2/h3-10H,1-2H3. The Bertz CT molecular complexity index is 518. The molecule has 0 N–H and O–H groups in total. The van der Waals surface area contributed by atoms with Crippen LogP contribution in [0.25, 0.3) is 0 Å². The van der Waals surface area contributed by atoms with E-state index in [9.17, 15) is 0 Å². The van der Waals surface area contributed by atoms with Gasteiger partial charge in [0.15, 0.2) is 0 Å². The van der Waals surface area contributed by atoms with E-state index in [1.165, 1.54) is 5.56 Å². The second-order valence-corrected chi connectivity index (χ2v) is 3.71. The SMILES string of the molecule is COc1ccccc1N=Nc1ccc(C)cc1. The summed E-state index contributed by atoms with van der Waals surface area (Å²) < 4.78 is 5.20. The molecule has 3 nitrogen and oxygen atoms in total. The average Bonchev–Trinajstić information content (AvgIpc) is 2.38. The van der Waals surface area contributed by atoms with Gasteiger partial charge in [0.25, 0.3) is 0 Å². The number of rotatable bonds is 3. The Labute approximate surface area is 101 Å². The first-order valence-electron chi connectivity index (χ1n) is 5.41. The molecule has 0 bridgehead atoms. The smallest absolute Gasteiger partial charge is 0.146 e. The average molecular weight is 226 g/mol. The maximum absolute atomic E-state index is 5.20. The zero-order chi connectivity index (χ0) is 12.1. The fourth-order valence-electron chi connectivity index (χ4n) is 1.44. The Kier molecular flexibility index (Phi) is 3.50. The minimum absolute atomic E-state index is 0.725. The van der Waals surface area contributed by atoms with Gasteiger partial charge in [0.1, 0.15) is 11.4 Å². The van der Waals surface area contributed by atoms with Crippen molar-refractivity contribution in [3.8, 4) is 5.75 Å². The fourth-order valence-corrected chi connectivity index (χ4v) is 1.44. The van der Waals surface area contributed by atoms with Crippen molar-refractivity contribution < 1.29 is 4.74 Å². The van der Waals surface area contributed by atoms with Gasteiger partial charge in [-0.2, -0.15) is 5.11 Å². The molecule has 0 aromatic heterocycles. The Morgan fingerprint density at radius 2 is 1.59 bits per heavy atom. The summed E-state index contributed by atoms with van der Waals surface area (Å²) >= 11 is 0. The summed E-state index contributed by atoms with van der Waals surface area (Å²) in [5, 5.41) is 8.35. The van der Waals surface area contributed by atoms with Gasteiger partial charge in [-0.25, -0.2) is 0 Å². The number of para-hydroxylation sites is 1. The molecule has 0 unspecified atom stereocenters. The minimum Gasteiger partial charge on any atom is -0.494 e. The third-order valence-electron chi connectivity index (χ3n) is 2.39. The molecule has 2 aromatic rings. The van der Waals surface area contributed by atoms with Crippen LogP contribution < -0.4 is 4.74 Å². The summed E-state index contributed by atoms with van der Waals surface area (Å²) in [4.78, 5) is 0. The fraction of sp³-hybridized carbons (Fsp3) is 0.143. The number of azo groups is 1. The quantitative estimate of drug-likeness (QED) is 0.713. The van der Waals surface area contributed by atoms with E-state index < -0.39 is 0 Å². The van der Waals surface area contributed by atoms with E-state index in [0.717, 1.165) is 17.1 Å². The van der Waals surface area contributed by atoms with Crippen LogP contribution in [0.3, 0.4) is 0 Å². The second kappa shape index (κ2) is 5.25. The van der Waals surface area contributed by atoms with Gasteiger partial charge in [0.2, 0.25) is 0 Å². The summed E-state index contributed by atoms with van der Waals surface area (Å²) in [6.45, 7) is 2.04. The number of hydrogen-bond donors (Lipinski definition) is 0. The summed E-state index contributed by atoms with van der Waals surface area (Å²) in [7, 11) is 1.63. The molecule has 0 atom stereocenters. The third-order valence-corrected chi connectivity index (χ3v) is 2.39. The normalized spacial score (nSPS) is 10.7. The third kappa shape index (κ3) is 2.91. The van der Waals surface area contributed by atoms with Gasteiger partial charge in [-0.1, -0.05) is 29.8 Å². The summed E-state index contributed by atoms with van der Waals surface area (Å²) in [6, 6.07) is 15.4. The predicted molar refractivity (Wildman–Crippen MR) is 68.3 cm³/mol. The molecule has 17 heavy (non-hydrogen) atoms. The lowest BCUT2D eigenvalue weighted by Crippen LogP contribution is -1.81. The molecule has 3 heteroatoms. The van der Waals surface area contributed by atoms with Gasteiger partial charge in [-0.05, 0) is 31.2 Å². The molecule has 0 fully saturated rings. The van der Waals surface area contributed by atoms with Crippen LogP contribution in [0.5, 0.6) is 5.75 Å². The first-order chi connectivity index (χ1) is 8.29. The highest BCUT2D eigenvalue weighted by molar-refractivity contribution is 5.51. The summed E-state index contributed by atoms with van der Waals surface area (Å²) in [5.41, 5.74) is 2.78. The molecule has 0 saturated heterocycles. The van der Waals surface area contributed by atoms with E-state index in [1.807, 2.05) is 55.5 Å². The molecule has 0 radical (unpaired) electrons. The van der Waals surface area contributed by atoms with Gasteiger partial charge in [-0.15, -0.1) is 5.11 Å². The van der Waals surface area contributed by atoms with Crippen molar-refractivity contribution in [3.05, 3.63) is 54.1 Å². The zero-order valence-electron chi connectivity index (χ0n) is 9.92. The maximum Gasteiger partial charge on any atom is 0.146 e. The lowest BCUT2D eigenvalue weighted by atomic mass is 10.2.